The molecule has 25 heavy (non-hydrogen) atoms. The van der Waals surface area contributed by atoms with Gasteiger partial charge in [0.25, 0.3) is 5.91 Å². The predicted molar refractivity (Wildman–Crippen MR) is 97.0 cm³/mol. The lowest BCUT2D eigenvalue weighted by Gasteiger charge is -2.57. The second kappa shape index (κ2) is 6.78. The zero-order chi connectivity index (χ0) is 18.4. The Hall–Kier alpha value is -1.30. The zero-order valence-corrected chi connectivity index (χ0v) is 16.0. The van der Waals surface area contributed by atoms with Crippen LogP contribution in [0.15, 0.2) is 18.2 Å². The van der Waals surface area contributed by atoms with E-state index in [4.69, 9.17) is 27.9 Å². The van der Waals surface area contributed by atoms with Crippen LogP contribution in [0.1, 0.15) is 30.6 Å². The molecule has 1 saturated carbocycles. The van der Waals surface area contributed by atoms with Gasteiger partial charge in [-0.3, -0.25) is 9.59 Å². The summed E-state index contributed by atoms with van der Waals surface area (Å²) >= 11 is 11.8. The molecule has 0 unspecified atom stereocenters. The molecule has 3 atom stereocenters. The van der Waals surface area contributed by atoms with E-state index in [1.54, 1.807) is 24.1 Å². The van der Waals surface area contributed by atoms with Crippen molar-refractivity contribution in [3.8, 4) is 0 Å². The molecule has 3 rings (SSSR count). The Morgan fingerprint density at radius 3 is 2.72 bits per heavy atom. The van der Waals surface area contributed by atoms with Crippen LogP contribution in [0, 0.1) is 11.3 Å². The maximum absolute atomic E-state index is 12.5. The van der Waals surface area contributed by atoms with Crippen LogP contribution in [-0.2, 0) is 9.53 Å². The highest BCUT2D eigenvalue weighted by molar-refractivity contribution is 6.42. The van der Waals surface area contributed by atoms with E-state index in [2.05, 4.69) is 19.2 Å². The summed E-state index contributed by atoms with van der Waals surface area (Å²) in [6, 6.07) is 4.76. The van der Waals surface area contributed by atoms with Gasteiger partial charge in [-0.1, -0.05) is 37.0 Å². The van der Waals surface area contributed by atoms with Gasteiger partial charge in [0.05, 0.1) is 22.7 Å². The molecule has 1 heterocycles. The summed E-state index contributed by atoms with van der Waals surface area (Å²) in [5.74, 6) is -0.0816. The normalized spacial score (nSPS) is 26.5. The van der Waals surface area contributed by atoms with Crippen molar-refractivity contribution in [1.82, 2.24) is 10.2 Å². The average Bonchev–Trinajstić information content (AvgIpc) is 3.00. The fourth-order valence-electron chi connectivity index (χ4n) is 4.26. The number of carbonyl (C=O) groups excluding carboxylic acids is 2. The fraction of sp³-hybridized carbons (Fsp3) is 0.556. The summed E-state index contributed by atoms with van der Waals surface area (Å²) in [5, 5.41) is 3.34. The van der Waals surface area contributed by atoms with Gasteiger partial charge in [-0.2, -0.15) is 0 Å². The van der Waals surface area contributed by atoms with E-state index in [0.29, 0.717) is 21.5 Å². The topological polar surface area (TPSA) is 58.6 Å². The highest BCUT2D eigenvalue weighted by atomic mass is 35.5. The quantitative estimate of drug-likeness (QED) is 0.867. The minimum absolute atomic E-state index is 0.0552. The van der Waals surface area contributed by atoms with Crippen LogP contribution in [0.4, 0.5) is 0 Å². The molecule has 2 amide bonds. The van der Waals surface area contributed by atoms with Gasteiger partial charge in [0.1, 0.15) is 0 Å². The van der Waals surface area contributed by atoms with Gasteiger partial charge in [0.2, 0.25) is 5.91 Å². The molecule has 0 aromatic heterocycles. The number of fused-ring (bicyclic) bond motifs is 1. The van der Waals surface area contributed by atoms with Gasteiger partial charge in [-0.25, -0.2) is 0 Å². The Morgan fingerprint density at radius 1 is 1.32 bits per heavy atom. The molecule has 0 spiro atoms. The van der Waals surface area contributed by atoms with E-state index in [9.17, 15) is 9.59 Å². The highest BCUT2D eigenvalue weighted by Crippen LogP contribution is 2.54. The largest absolute Gasteiger partial charge is 0.377 e. The molecule has 0 bridgehead atoms. The van der Waals surface area contributed by atoms with Crippen molar-refractivity contribution >= 4 is 35.0 Å². The molecule has 1 aliphatic carbocycles. The van der Waals surface area contributed by atoms with Crippen molar-refractivity contribution in [2.24, 2.45) is 11.3 Å². The Balaban J connectivity index is 1.58. The summed E-state index contributed by atoms with van der Waals surface area (Å²) < 4.78 is 5.77. The molecule has 1 aromatic rings. The van der Waals surface area contributed by atoms with Gasteiger partial charge in [0.15, 0.2) is 0 Å². The molecule has 1 saturated heterocycles. The summed E-state index contributed by atoms with van der Waals surface area (Å²) in [4.78, 5) is 26.5. The lowest BCUT2D eigenvalue weighted by Crippen LogP contribution is -2.67. The second-order valence-corrected chi connectivity index (χ2v) is 8.14. The van der Waals surface area contributed by atoms with E-state index >= 15 is 0 Å². The predicted octanol–water partition coefficient (Wildman–Crippen LogP) is 3.00. The van der Waals surface area contributed by atoms with Crippen LogP contribution in [0.3, 0.4) is 0 Å². The monoisotopic (exact) mass is 384 g/mol. The van der Waals surface area contributed by atoms with E-state index in [1.807, 2.05) is 0 Å². The second-order valence-electron chi connectivity index (χ2n) is 7.33. The maximum atomic E-state index is 12.5. The number of likely N-dealkylation sites (N-methyl/N-ethyl adjacent to an activating group) is 1. The van der Waals surface area contributed by atoms with Crippen molar-refractivity contribution in [1.29, 1.82) is 0 Å². The number of rotatable bonds is 4. The number of amides is 2. The molecule has 2 fully saturated rings. The molecular formula is C18H22Cl2N2O3. The summed E-state index contributed by atoms with van der Waals surface area (Å²) in [5.41, 5.74) is 0.303. The number of benzene rings is 1. The van der Waals surface area contributed by atoms with Gasteiger partial charge in [-0.15, -0.1) is 0 Å². The van der Waals surface area contributed by atoms with Crippen LogP contribution >= 0.6 is 23.2 Å². The minimum Gasteiger partial charge on any atom is -0.377 e. The first-order valence-corrected chi connectivity index (χ1v) is 9.09. The molecule has 5 nitrogen and oxygen atoms in total. The molecular weight excluding hydrogens is 363 g/mol. The third-order valence-corrected chi connectivity index (χ3v) is 6.17. The molecule has 2 aliphatic rings. The van der Waals surface area contributed by atoms with Crippen molar-refractivity contribution < 1.29 is 14.3 Å². The van der Waals surface area contributed by atoms with E-state index in [1.165, 1.54) is 6.07 Å². The summed E-state index contributed by atoms with van der Waals surface area (Å²) in [6.45, 7) is 4.95. The van der Waals surface area contributed by atoms with Gasteiger partial charge in [0, 0.05) is 36.6 Å². The average molecular weight is 385 g/mol. The lowest BCUT2D eigenvalue weighted by molar-refractivity contribution is -0.166. The van der Waals surface area contributed by atoms with Crippen molar-refractivity contribution in [2.75, 3.05) is 20.2 Å². The van der Waals surface area contributed by atoms with E-state index < -0.39 is 0 Å². The van der Waals surface area contributed by atoms with Crippen LogP contribution in [-0.4, -0.2) is 49.1 Å². The Labute approximate surface area is 157 Å². The molecule has 136 valence electrons. The highest BCUT2D eigenvalue weighted by Gasteiger charge is 2.61. The van der Waals surface area contributed by atoms with E-state index in [0.717, 1.165) is 13.0 Å². The first-order valence-electron chi connectivity index (χ1n) is 8.34. The first-order chi connectivity index (χ1) is 11.7. The molecule has 1 aliphatic heterocycles. The van der Waals surface area contributed by atoms with Crippen molar-refractivity contribution in [3.05, 3.63) is 33.8 Å². The van der Waals surface area contributed by atoms with Crippen molar-refractivity contribution in [3.63, 3.8) is 0 Å². The Kier molecular flexibility index (Phi) is 5.02. The lowest BCUT2D eigenvalue weighted by atomic mass is 9.57. The number of hydrogen-bond donors (Lipinski definition) is 1. The molecule has 1 N–H and O–H groups in total. The Bertz CT molecular complexity index is 708. The van der Waals surface area contributed by atoms with Gasteiger partial charge >= 0.3 is 0 Å². The SMILES string of the molecule is CN(C(=O)CNC(=O)c1ccc(Cl)c(Cl)c1)[C@@H]1[C@@H]2CCO[C@@H]2C1(C)C. The third-order valence-electron chi connectivity index (χ3n) is 5.43. The van der Waals surface area contributed by atoms with Crippen LogP contribution < -0.4 is 5.32 Å². The number of nitrogens with zero attached hydrogens (tertiary/aromatic N) is 1. The first kappa shape index (κ1) is 18.5. The summed E-state index contributed by atoms with van der Waals surface area (Å²) in [7, 11) is 1.80. The van der Waals surface area contributed by atoms with Gasteiger partial charge < -0.3 is 15.0 Å². The zero-order valence-electron chi connectivity index (χ0n) is 14.5. The standard InChI is InChI=1S/C18H22Cl2N2O3/c1-18(2)15(11-6-7-25-16(11)18)22(3)14(23)9-21-17(24)10-4-5-12(19)13(20)8-10/h4-5,8,11,15-16H,6-7,9H2,1-3H3,(H,21,24)/t11-,15+,16-/m0/s1. The number of halogens is 2. The Morgan fingerprint density at radius 2 is 2.04 bits per heavy atom. The molecule has 1 aromatic carbocycles. The number of ether oxygens (including phenoxy) is 1. The van der Waals surface area contributed by atoms with Crippen LogP contribution in [0.5, 0.6) is 0 Å². The third kappa shape index (κ3) is 3.25. The molecule has 0 radical (unpaired) electrons. The fourth-order valence-corrected chi connectivity index (χ4v) is 4.56. The number of carbonyl (C=O) groups is 2. The summed E-state index contributed by atoms with van der Waals surface area (Å²) in [6.07, 6.45) is 1.20. The number of nitrogens with one attached hydrogen (secondary N) is 1. The molecule has 7 heteroatoms. The van der Waals surface area contributed by atoms with Gasteiger partial charge in [-0.05, 0) is 24.6 Å². The minimum atomic E-state index is -0.352. The maximum Gasteiger partial charge on any atom is 0.251 e. The smallest absolute Gasteiger partial charge is 0.251 e. The number of hydrogen-bond acceptors (Lipinski definition) is 3. The van der Waals surface area contributed by atoms with Crippen LogP contribution in [0.2, 0.25) is 10.0 Å². The van der Waals surface area contributed by atoms with E-state index in [-0.39, 0.29) is 35.9 Å². The van der Waals surface area contributed by atoms with Crippen LogP contribution in [0.25, 0.3) is 0 Å². The van der Waals surface area contributed by atoms with Crippen molar-refractivity contribution in [2.45, 2.75) is 32.4 Å².